The Morgan fingerprint density at radius 1 is 1.00 bits per heavy atom. The summed E-state index contributed by atoms with van der Waals surface area (Å²) >= 11 is 0. The van der Waals surface area contributed by atoms with Gasteiger partial charge in [-0.1, -0.05) is 36.2 Å². The Morgan fingerprint density at radius 2 is 1.55 bits per heavy atom. The average molecular weight is 450 g/mol. The molecule has 0 amide bonds. The van der Waals surface area contributed by atoms with Crippen LogP contribution >= 0.6 is 0 Å². The van der Waals surface area contributed by atoms with Crippen molar-refractivity contribution in [3.8, 4) is 0 Å². The summed E-state index contributed by atoms with van der Waals surface area (Å²) in [6.07, 6.45) is -0.658. The molecule has 1 aliphatic carbocycles. The van der Waals surface area contributed by atoms with Crippen molar-refractivity contribution in [2.45, 2.75) is 62.1 Å². The van der Waals surface area contributed by atoms with Gasteiger partial charge in [0.25, 0.3) is 0 Å². The van der Waals surface area contributed by atoms with Gasteiger partial charge in [-0.25, -0.2) is 9.59 Å². The van der Waals surface area contributed by atoms with E-state index in [1.165, 1.54) is 0 Å². The number of ether oxygens (including phenoxy) is 2. The van der Waals surface area contributed by atoms with Crippen molar-refractivity contribution in [3.05, 3.63) is 34.4 Å². The standard InChI is InChI=1S/C18H19B3F2O7S/c19-7-10-5-11(8-20)15(9-21)14(6-10)16(24)29-12-1-3-13(4-2-12)30-17(25)18(22,23)31(26,27)28/h5-6,12-13H,1-4,7-9H2,(H,26,27,28). The molecule has 0 saturated heterocycles. The number of esters is 2. The van der Waals surface area contributed by atoms with Gasteiger partial charge in [-0.15, -0.1) is 0 Å². The van der Waals surface area contributed by atoms with Gasteiger partial charge in [0.15, 0.2) is 0 Å². The van der Waals surface area contributed by atoms with Crippen molar-refractivity contribution >= 4 is 45.6 Å². The molecule has 0 atom stereocenters. The maximum atomic E-state index is 13.3. The summed E-state index contributed by atoms with van der Waals surface area (Å²) in [7, 11) is 11.2. The first-order chi connectivity index (χ1) is 14.4. The molecule has 0 aromatic heterocycles. The van der Waals surface area contributed by atoms with Gasteiger partial charge >= 0.3 is 27.3 Å². The Kier molecular flexibility index (Phi) is 8.32. The van der Waals surface area contributed by atoms with Gasteiger partial charge in [-0.2, -0.15) is 17.2 Å². The predicted molar refractivity (Wildman–Crippen MR) is 109 cm³/mol. The van der Waals surface area contributed by atoms with Crippen LogP contribution in [0.3, 0.4) is 0 Å². The Labute approximate surface area is 183 Å². The topological polar surface area (TPSA) is 107 Å². The molecular formula is C18H19B3F2O7S. The van der Waals surface area contributed by atoms with Gasteiger partial charge in [0.2, 0.25) is 0 Å². The van der Waals surface area contributed by atoms with Crippen molar-refractivity contribution in [2.24, 2.45) is 0 Å². The lowest BCUT2D eigenvalue weighted by Crippen LogP contribution is -2.41. The summed E-state index contributed by atoms with van der Waals surface area (Å²) in [5, 5.41) is -5.05. The van der Waals surface area contributed by atoms with Gasteiger partial charge in [0.1, 0.15) is 12.2 Å². The molecule has 7 nitrogen and oxygen atoms in total. The first-order valence-corrected chi connectivity index (χ1v) is 10.9. The first-order valence-electron chi connectivity index (χ1n) is 9.46. The van der Waals surface area contributed by atoms with Crippen LogP contribution in [-0.2, 0) is 43.3 Å². The summed E-state index contributed by atoms with van der Waals surface area (Å²) in [4.78, 5) is 24.1. The van der Waals surface area contributed by atoms with Crippen LogP contribution in [0.15, 0.2) is 12.1 Å². The Morgan fingerprint density at radius 3 is 2.00 bits per heavy atom. The van der Waals surface area contributed by atoms with Gasteiger partial charge in [0, 0.05) is 0 Å². The zero-order valence-electron chi connectivity index (χ0n) is 16.6. The highest BCUT2D eigenvalue weighted by molar-refractivity contribution is 7.87. The van der Waals surface area contributed by atoms with Crippen LogP contribution < -0.4 is 0 Å². The number of hydrogen-bond acceptors (Lipinski definition) is 6. The molecule has 0 aliphatic heterocycles. The minimum atomic E-state index is -5.93. The van der Waals surface area contributed by atoms with E-state index >= 15 is 0 Å². The minimum Gasteiger partial charge on any atom is -0.459 e. The van der Waals surface area contributed by atoms with Gasteiger partial charge in [0.05, 0.1) is 29.1 Å². The molecule has 0 spiro atoms. The fraction of sp³-hybridized carbons (Fsp3) is 0.556. The van der Waals surface area contributed by atoms with Crippen LogP contribution in [0.2, 0.25) is 0 Å². The maximum Gasteiger partial charge on any atom is 0.465 e. The number of alkyl halides is 2. The highest BCUT2D eigenvalue weighted by Gasteiger charge is 2.54. The molecule has 31 heavy (non-hydrogen) atoms. The van der Waals surface area contributed by atoms with E-state index in [1.54, 1.807) is 12.1 Å². The van der Waals surface area contributed by atoms with Gasteiger partial charge in [-0.3, -0.25) is 4.55 Å². The summed E-state index contributed by atoms with van der Waals surface area (Å²) in [6.45, 7) is 0. The number of benzene rings is 1. The molecule has 162 valence electrons. The van der Waals surface area contributed by atoms with E-state index in [4.69, 9.17) is 32.8 Å². The van der Waals surface area contributed by atoms with Gasteiger partial charge < -0.3 is 9.47 Å². The van der Waals surface area contributed by atoms with Crippen molar-refractivity contribution in [1.29, 1.82) is 0 Å². The SMILES string of the molecule is [B]Cc1cc(C[B])c(C[B])c(C(=O)OC2CCC(OC(=O)C(F)(F)S(=O)(=O)O)CC2)c1. The molecule has 0 unspecified atom stereocenters. The predicted octanol–water partition coefficient (Wildman–Crippen LogP) is 1.18. The second kappa shape index (κ2) is 10.2. The molecule has 1 fully saturated rings. The van der Waals surface area contributed by atoms with Crippen LogP contribution in [0.5, 0.6) is 0 Å². The molecule has 1 N–H and O–H groups in total. The summed E-state index contributed by atoms with van der Waals surface area (Å²) in [5.41, 5.74) is 2.14. The summed E-state index contributed by atoms with van der Waals surface area (Å²) in [6, 6.07) is 3.34. The van der Waals surface area contributed by atoms with Crippen LogP contribution in [0.1, 0.15) is 52.7 Å². The van der Waals surface area contributed by atoms with E-state index in [0.29, 0.717) is 16.7 Å². The fourth-order valence-corrected chi connectivity index (χ4v) is 3.59. The molecule has 0 heterocycles. The highest BCUT2D eigenvalue weighted by atomic mass is 32.2. The van der Waals surface area contributed by atoms with Crippen molar-refractivity contribution in [2.75, 3.05) is 0 Å². The third-order valence-corrected chi connectivity index (χ3v) is 5.83. The molecule has 13 heteroatoms. The number of carbonyl (C=O) groups excluding carboxylic acids is 2. The lowest BCUT2D eigenvalue weighted by atomic mass is 9.81. The number of rotatable bonds is 8. The van der Waals surface area contributed by atoms with E-state index < -0.39 is 39.5 Å². The zero-order chi connectivity index (χ0) is 23.4. The van der Waals surface area contributed by atoms with Crippen LogP contribution in [-0.4, -0.2) is 65.9 Å². The third kappa shape index (κ3) is 5.88. The second-order valence-corrected chi connectivity index (χ2v) is 8.56. The molecule has 0 bridgehead atoms. The fourth-order valence-electron chi connectivity index (χ4n) is 3.33. The molecule has 2 rings (SSSR count). The van der Waals surface area contributed by atoms with Crippen LogP contribution in [0.4, 0.5) is 8.78 Å². The van der Waals surface area contributed by atoms with Crippen molar-refractivity contribution < 1.29 is 40.8 Å². The average Bonchev–Trinajstić information content (AvgIpc) is 2.72. The second-order valence-electron chi connectivity index (χ2n) is 7.09. The van der Waals surface area contributed by atoms with E-state index in [0.717, 1.165) is 0 Å². The van der Waals surface area contributed by atoms with Crippen LogP contribution in [0.25, 0.3) is 0 Å². The number of hydrogen-bond donors (Lipinski definition) is 1. The van der Waals surface area contributed by atoms with E-state index in [-0.39, 0.29) is 50.2 Å². The quantitative estimate of drug-likeness (QED) is 0.361. The number of carbonyl (C=O) groups is 2. The lowest BCUT2D eigenvalue weighted by molar-refractivity contribution is -0.169. The van der Waals surface area contributed by atoms with E-state index in [2.05, 4.69) is 4.74 Å². The molecule has 1 saturated carbocycles. The smallest absolute Gasteiger partial charge is 0.459 e. The lowest BCUT2D eigenvalue weighted by Gasteiger charge is -2.29. The minimum absolute atomic E-state index is 0.0614. The van der Waals surface area contributed by atoms with E-state index in [9.17, 15) is 26.8 Å². The third-order valence-electron chi connectivity index (χ3n) is 5.01. The Bertz CT molecular complexity index is 932. The monoisotopic (exact) mass is 450 g/mol. The largest absolute Gasteiger partial charge is 0.465 e. The molecule has 1 aliphatic rings. The highest BCUT2D eigenvalue weighted by Crippen LogP contribution is 2.29. The Hall–Kier alpha value is -1.88. The Balaban J connectivity index is 2.01. The van der Waals surface area contributed by atoms with Crippen molar-refractivity contribution in [3.63, 3.8) is 0 Å². The van der Waals surface area contributed by atoms with Gasteiger partial charge in [-0.05, 0) is 37.3 Å². The maximum absolute atomic E-state index is 13.3. The normalized spacial score (nSPS) is 19.6. The molecule has 1 aromatic carbocycles. The van der Waals surface area contributed by atoms with Crippen molar-refractivity contribution in [1.82, 2.24) is 0 Å². The molecular weight excluding hydrogens is 431 g/mol. The van der Waals surface area contributed by atoms with E-state index in [1.807, 2.05) is 0 Å². The summed E-state index contributed by atoms with van der Waals surface area (Å²) < 4.78 is 66.3. The molecule has 6 radical (unpaired) electrons. The van der Waals surface area contributed by atoms with Crippen LogP contribution in [0, 0.1) is 0 Å². The first kappa shape index (κ1) is 25.4. The zero-order valence-corrected chi connectivity index (χ0v) is 17.4. The number of halogens is 2. The summed E-state index contributed by atoms with van der Waals surface area (Å²) in [5.74, 6) is -2.99. The molecule has 1 aromatic rings.